The van der Waals surface area contributed by atoms with E-state index in [1.54, 1.807) is 0 Å². The summed E-state index contributed by atoms with van der Waals surface area (Å²) in [6, 6.07) is 0.355. The second-order valence-corrected chi connectivity index (χ2v) is 5.88. The minimum atomic E-state index is -0.169. The Hall–Kier alpha value is -0.610. The molecule has 126 valence electrons. The molecule has 0 radical (unpaired) electrons. The number of ether oxygens (including phenoxy) is 1. The molecule has 0 saturated carbocycles. The van der Waals surface area contributed by atoms with Gasteiger partial charge in [-0.15, -0.1) is 0 Å². The summed E-state index contributed by atoms with van der Waals surface area (Å²) in [4.78, 5) is 14.5. The van der Waals surface area contributed by atoms with Crippen molar-refractivity contribution < 1.29 is 9.53 Å². The first-order valence-electron chi connectivity index (χ1n) is 8.70. The Kier molecular flexibility index (Phi) is 12.7. The molecular formula is C17H36N2O2. The van der Waals surface area contributed by atoms with Crippen LogP contribution in [0, 0.1) is 0 Å². The number of unbranched alkanes of at least 4 members (excludes halogenated alkanes) is 2. The van der Waals surface area contributed by atoms with Crippen LogP contribution in [0.1, 0.15) is 66.7 Å². The topological polar surface area (TPSA) is 41.6 Å². The van der Waals surface area contributed by atoms with Crippen molar-refractivity contribution >= 4 is 5.97 Å². The van der Waals surface area contributed by atoms with E-state index in [1.165, 1.54) is 19.3 Å². The molecule has 1 unspecified atom stereocenters. The molecule has 4 nitrogen and oxygen atoms in total. The number of esters is 1. The lowest BCUT2D eigenvalue weighted by Gasteiger charge is -2.28. The molecular weight excluding hydrogens is 264 g/mol. The van der Waals surface area contributed by atoms with Gasteiger partial charge in [-0.25, -0.2) is 0 Å². The van der Waals surface area contributed by atoms with Gasteiger partial charge >= 0.3 is 5.97 Å². The molecule has 0 saturated heterocycles. The third-order valence-corrected chi connectivity index (χ3v) is 3.70. The van der Waals surface area contributed by atoms with Gasteiger partial charge in [-0.1, -0.05) is 26.7 Å². The second kappa shape index (κ2) is 13.1. The molecule has 0 aliphatic heterocycles. The van der Waals surface area contributed by atoms with Gasteiger partial charge in [-0.05, 0) is 53.1 Å². The van der Waals surface area contributed by atoms with Gasteiger partial charge in [0.15, 0.2) is 0 Å². The van der Waals surface area contributed by atoms with Gasteiger partial charge in [-0.2, -0.15) is 0 Å². The molecule has 0 fully saturated rings. The predicted octanol–water partition coefficient (Wildman–Crippen LogP) is 3.21. The fourth-order valence-electron chi connectivity index (χ4n) is 2.35. The molecule has 0 bridgehead atoms. The monoisotopic (exact) mass is 300 g/mol. The third-order valence-electron chi connectivity index (χ3n) is 3.70. The van der Waals surface area contributed by atoms with Crippen LogP contribution >= 0.6 is 0 Å². The van der Waals surface area contributed by atoms with E-state index in [0.29, 0.717) is 12.6 Å². The summed E-state index contributed by atoms with van der Waals surface area (Å²) in [6.45, 7) is 14.0. The molecule has 0 aromatic carbocycles. The molecule has 0 aromatic heterocycles. The van der Waals surface area contributed by atoms with E-state index in [4.69, 9.17) is 4.74 Å². The van der Waals surface area contributed by atoms with Gasteiger partial charge < -0.3 is 15.0 Å². The van der Waals surface area contributed by atoms with Crippen molar-refractivity contribution in [2.75, 3.05) is 26.2 Å². The van der Waals surface area contributed by atoms with E-state index in [0.717, 1.165) is 32.5 Å². The quantitative estimate of drug-likeness (QED) is 0.419. The van der Waals surface area contributed by atoms with E-state index in [1.807, 2.05) is 6.92 Å². The summed E-state index contributed by atoms with van der Waals surface area (Å²) in [5, 5.41) is 3.31. The van der Waals surface area contributed by atoms with Gasteiger partial charge in [0, 0.05) is 12.6 Å². The van der Waals surface area contributed by atoms with Gasteiger partial charge in [0.1, 0.15) is 6.04 Å². The molecule has 0 aliphatic carbocycles. The van der Waals surface area contributed by atoms with Gasteiger partial charge in [0.25, 0.3) is 0 Å². The highest BCUT2D eigenvalue weighted by Gasteiger charge is 2.20. The summed E-state index contributed by atoms with van der Waals surface area (Å²) in [6.07, 6.45) is 5.61. The predicted molar refractivity (Wildman–Crippen MR) is 89.6 cm³/mol. The Morgan fingerprint density at radius 3 is 2.33 bits per heavy atom. The highest BCUT2D eigenvalue weighted by Crippen LogP contribution is 2.07. The fourth-order valence-corrected chi connectivity index (χ4v) is 2.35. The lowest BCUT2D eigenvalue weighted by Crippen LogP contribution is -2.42. The van der Waals surface area contributed by atoms with Crippen molar-refractivity contribution in [3.05, 3.63) is 0 Å². The molecule has 0 spiro atoms. The molecule has 4 heteroatoms. The van der Waals surface area contributed by atoms with E-state index in [2.05, 4.69) is 37.9 Å². The zero-order valence-electron chi connectivity index (χ0n) is 14.8. The smallest absolute Gasteiger partial charge is 0.323 e. The van der Waals surface area contributed by atoms with Crippen LogP contribution in [-0.4, -0.2) is 49.2 Å². The second-order valence-electron chi connectivity index (χ2n) is 5.88. The first-order valence-corrected chi connectivity index (χ1v) is 8.70. The van der Waals surface area contributed by atoms with E-state index in [9.17, 15) is 4.79 Å². The number of nitrogens with zero attached hydrogens (tertiary/aromatic N) is 1. The largest absolute Gasteiger partial charge is 0.465 e. The minimum absolute atomic E-state index is 0.108. The van der Waals surface area contributed by atoms with E-state index < -0.39 is 0 Å². The Balaban J connectivity index is 4.34. The van der Waals surface area contributed by atoms with Crippen LogP contribution in [0.2, 0.25) is 0 Å². The zero-order chi connectivity index (χ0) is 16.1. The molecule has 0 rings (SSSR count). The molecule has 1 atom stereocenters. The number of hydrogen-bond acceptors (Lipinski definition) is 4. The minimum Gasteiger partial charge on any atom is -0.465 e. The Morgan fingerprint density at radius 1 is 1.10 bits per heavy atom. The van der Waals surface area contributed by atoms with Gasteiger partial charge in [0.05, 0.1) is 6.61 Å². The Bertz CT molecular complexity index is 257. The van der Waals surface area contributed by atoms with Crippen LogP contribution in [0.15, 0.2) is 0 Å². The molecule has 0 aromatic rings. The van der Waals surface area contributed by atoms with Crippen molar-refractivity contribution in [3.63, 3.8) is 0 Å². The summed E-state index contributed by atoms with van der Waals surface area (Å²) in [5.74, 6) is -0.108. The molecule has 0 amide bonds. The normalized spacial score (nSPS) is 12.9. The van der Waals surface area contributed by atoms with Crippen molar-refractivity contribution in [1.82, 2.24) is 10.2 Å². The first kappa shape index (κ1) is 20.4. The van der Waals surface area contributed by atoms with E-state index >= 15 is 0 Å². The Labute approximate surface area is 131 Å². The average molecular weight is 300 g/mol. The summed E-state index contributed by atoms with van der Waals surface area (Å²) in [7, 11) is 0. The van der Waals surface area contributed by atoms with Crippen LogP contribution in [0.5, 0.6) is 0 Å². The number of carbonyl (C=O) groups excluding carboxylic acids is 1. The highest BCUT2D eigenvalue weighted by atomic mass is 16.5. The number of carbonyl (C=O) groups is 1. The number of hydrogen-bond donors (Lipinski definition) is 1. The van der Waals surface area contributed by atoms with Crippen LogP contribution in [0.4, 0.5) is 0 Å². The van der Waals surface area contributed by atoms with Gasteiger partial charge in [0.2, 0.25) is 0 Å². The molecule has 1 N–H and O–H groups in total. The maximum atomic E-state index is 12.0. The van der Waals surface area contributed by atoms with Crippen molar-refractivity contribution in [2.24, 2.45) is 0 Å². The van der Waals surface area contributed by atoms with Crippen molar-refractivity contribution in [3.8, 4) is 0 Å². The fraction of sp³-hybridized carbons (Fsp3) is 0.941. The van der Waals surface area contributed by atoms with Crippen LogP contribution < -0.4 is 5.32 Å². The SMILES string of the molecule is CCCCCN(CCC(NCCC)C(=O)OCC)C(C)C. The van der Waals surface area contributed by atoms with Crippen molar-refractivity contribution in [2.45, 2.75) is 78.8 Å². The standard InChI is InChI=1S/C17H36N2O2/c1-6-9-10-13-19(15(4)5)14-11-16(18-12-7-2)17(20)21-8-3/h15-16,18H,6-14H2,1-5H3. The molecule has 21 heavy (non-hydrogen) atoms. The number of nitrogens with one attached hydrogen (secondary N) is 1. The van der Waals surface area contributed by atoms with Crippen LogP contribution in [0.3, 0.4) is 0 Å². The Morgan fingerprint density at radius 2 is 1.81 bits per heavy atom. The van der Waals surface area contributed by atoms with Crippen LogP contribution in [0.25, 0.3) is 0 Å². The lowest BCUT2D eigenvalue weighted by molar-refractivity contribution is -0.146. The summed E-state index contributed by atoms with van der Waals surface area (Å²) in [5.41, 5.74) is 0. The maximum Gasteiger partial charge on any atom is 0.323 e. The average Bonchev–Trinajstić information content (AvgIpc) is 2.45. The zero-order valence-corrected chi connectivity index (χ0v) is 14.8. The van der Waals surface area contributed by atoms with Gasteiger partial charge in [-0.3, -0.25) is 4.79 Å². The molecule has 0 heterocycles. The van der Waals surface area contributed by atoms with Crippen LogP contribution in [-0.2, 0) is 9.53 Å². The number of rotatable bonds is 13. The molecule has 0 aliphatic rings. The van der Waals surface area contributed by atoms with Crippen molar-refractivity contribution in [1.29, 1.82) is 0 Å². The first-order chi connectivity index (χ1) is 10.1. The third kappa shape index (κ3) is 9.86. The summed E-state index contributed by atoms with van der Waals surface area (Å²) >= 11 is 0. The highest BCUT2D eigenvalue weighted by molar-refractivity contribution is 5.75. The maximum absolute atomic E-state index is 12.0. The lowest BCUT2D eigenvalue weighted by atomic mass is 10.1. The van der Waals surface area contributed by atoms with E-state index in [-0.39, 0.29) is 12.0 Å². The summed E-state index contributed by atoms with van der Waals surface area (Å²) < 4.78 is 5.17.